The van der Waals surface area contributed by atoms with Crippen molar-refractivity contribution in [3.8, 4) is 11.1 Å². The van der Waals surface area contributed by atoms with E-state index in [1.54, 1.807) is 24.3 Å². The van der Waals surface area contributed by atoms with Crippen molar-refractivity contribution in [2.75, 3.05) is 12.8 Å². The standard InChI is InChI=1S/C20H20F2N4O3S/c1-30(28,29)18-8-6-16(7-9-18)15-4-2-14(3-5-15)11-25-13-24-26(20(25)27)12-17(10-23)19(21)22/h2-9,13H,10-12,23H2,1H3. The van der Waals surface area contributed by atoms with Gasteiger partial charge in [0.25, 0.3) is 6.08 Å². The number of aromatic nitrogens is 3. The second-order valence-corrected chi connectivity index (χ2v) is 8.78. The van der Waals surface area contributed by atoms with Gasteiger partial charge >= 0.3 is 5.69 Å². The molecule has 0 fully saturated rings. The molecule has 0 radical (unpaired) electrons. The van der Waals surface area contributed by atoms with Crippen molar-refractivity contribution in [2.24, 2.45) is 5.73 Å². The van der Waals surface area contributed by atoms with E-state index in [4.69, 9.17) is 5.73 Å². The Labute approximate surface area is 172 Å². The molecule has 2 N–H and O–H groups in total. The summed E-state index contributed by atoms with van der Waals surface area (Å²) in [7, 11) is -3.25. The van der Waals surface area contributed by atoms with E-state index in [9.17, 15) is 22.0 Å². The fourth-order valence-electron chi connectivity index (χ4n) is 2.86. The molecule has 0 aliphatic carbocycles. The van der Waals surface area contributed by atoms with Gasteiger partial charge in [0.05, 0.1) is 18.0 Å². The molecule has 30 heavy (non-hydrogen) atoms. The molecule has 0 bridgehead atoms. The van der Waals surface area contributed by atoms with Gasteiger partial charge in [-0.3, -0.25) is 4.57 Å². The number of nitrogens with two attached hydrogens (primary N) is 1. The van der Waals surface area contributed by atoms with Gasteiger partial charge in [0.15, 0.2) is 9.84 Å². The number of nitrogens with zero attached hydrogens (tertiary/aromatic N) is 3. The van der Waals surface area contributed by atoms with E-state index in [2.05, 4.69) is 5.10 Å². The Bertz CT molecular complexity index is 1220. The molecule has 0 spiro atoms. The van der Waals surface area contributed by atoms with Gasteiger partial charge in [-0.2, -0.15) is 13.9 Å². The molecule has 0 atom stereocenters. The monoisotopic (exact) mass is 434 g/mol. The predicted molar refractivity (Wildman–Crippen MR) is 109 cm³/mol. The molecule has 1 heterocycles. The Kier molecular flexibility index (Phi) is 6.28. The maximum absolute atomic E-state index is 12.7. The highest BCUT2D eigenvalue weighted by Crippen LogP contribution is 2.22. The lowest BCUT2D eigenvalue weighted by Crippen LogP contribution is -2.27. The van der Waals surface area contributed by atoms with E-state index < -0.39 is 21.6 Å². The van der Waals surface area contributed by atoms with Crippen molar-refractivity contribution in [1.82, 2.24) is 14.3 Å². The minimum atomic E-state index is -3.25. The quantitative estimate of drug-likeness (QED) is 0.615. The number of sulfone groups is 1. The first-order chi connectivity index (χ1) is 14.2. The summed E-state index contributed by atoms with van der Waals surface area (Å²) in [6.45, 7) is -0.479. The second kappa shape index (κ2) is 8.72. The zero-order chi connectivity index (χ0) is 21.9. The van der Waals surface area contributed by atoms with Crippen molar-refractivity contribution in [3.63, 3.8) is 0 Å². The maximum Gasteiger partial charge on any atom is 0.346 e. The van der Waals surface area contributed by atoms with Gasteiger partial charge in [-0.25, -0.2) is 17.9 Å². The van der Waals surface area contributed by atoms with Crippen molar-refractivity contribution >= 4 is 9.84 Å². The molecule has 0 aliphatic heterocycles. The SMILES string of the molecule is CS(=O)(=O)c1ccc(-c2ccc(Cn3cnn(CC(CN)=C(F)F)c3=O)cc2)cc1. The van der Waals surface area contributed by atoms with Gasteiger partial charge in [-0.15, -0.1) is 0 Å². The smallest absolute Gasteiger partial charge is 0.327 e. The minimum Gasteiger partial charge on any atom is -0.327 e. The first-order valence-corrected chi connectivity index (χ1v) is 10.8. The van der Waals surface area contributed by atoms with E-state index in [0.29, 0.717) is 0 Å². The van der Waals surface area contributed by atoms with Crippen molar-refractivity contribution in [1.29, 1.82) is 0 Å². The van der Waals surface area contributed by atoms with Gasteiger partial charge in [0, 0.05) is 18.4 Å². The van der Waals surface area contributed by atoms with E-state index in [1.165, 1.54) is 10.9 Å². The van der Waals surface area contributed by atoms with Crippen LogP contribution in [0.25, 0.3) is 11.1 Å². The summed E-state index contributed by atoms with van der Waals surface area (Å²) in [6.07, 6.45) is 0.547. The lowest BCUT2D eigenvalue weighted by molar-refractivity contribution is 0.400. The number of hydrogen-bond acceptors (Lipinski definition) is 5. The third-order valence-corrected chi connectivity index (χ3v) is 5.70. The van der Waals surface area contributed by atoms with Crippen LogP contribution in [-0.4, -0.2) is 35.6 Å². The van der Waals surface area contributed by atoms with Crippen LogP contribution in [0.4, 0.5) is 8.78 Å². The number of hydrogen-bond donors (Lipinski definition) is 1. The maximum atomic E-state index is 12.7. The van der Waals surface area contributed by atoms with Crippen LogP contribution in [-0.2, 0) is 22.9 Å². The molecule has 1 aromatic heterocycles. The lowest BCUT2D eigenvalue weighted by Gasteiger charge is -2.06. The highest BCUT2D eigenvalue weighted by Gasteiger charge is 2.11. The summed E-state index contributed by atoms with van der Waals surface area (Å²) in [5, 5.41) is 3.87. The Morgan fingerprint density at radius 3 is 2.10 bits per heavy atom. The second-order valence-electron chi connectivity index (χ2n) is 6.76. The molecule has 0 unspecified atom stereocenters. The molecule has 158 valence electrons. The van der Waals surface area contributed by atoms with Gasteiger partial charge in [0.2, 0.25) is 0 Å². The third-order valence-electron chi connectivity index (χ3n) is 4.57. The lowest BCUT2D eigenvalue weighted by atomic mass is 10.0. The average molecular weight is 434 g/mol. The van der Waals surface area contributed by atoms with Crippen LogP contribution in [0.15, 0.2) is 76.2 Å². The number of halogens is 2. The molecule has 0 saturated carbocycles. The van der Waals surface area contributed by atoms with Crippen LogP contribution in [0.2, 0.25) is 0 Å². The van der Waals surface area contributed by atoms with Crippen LogP contribution >= 0.6 is 0 Å². The highest BCUT2D eigenvalue weighted by atomic mass is 32.2. The molecule has 0 amide bonds. The van der Waals surface area contributed by atoms with E-state index in [-0.39, 0.29) is 30.1 Å². The normalized spacial score (nSPS) is 11.5. The van der Waals surface area contributed by atoms with Crippen molar-refractivity contribution in [2.45, 2.75) is 18.0 Å². The summed E-state index contributed by atoms with van der Waals surface area (Å²) in [6, 6.07) is 13.9. The molecule has 7 nitrogen and oxygen atoms in total. The van der Waals surface area contributed by atoms with E-state index in [0.717, 1.165) is 27.6 Å². The van der Waals surface area contributed by atoms with Crippen LogP contribution in [0.1, 0.15) is 5.56 Å². The topological polar surface area (TPSA) is 100.0 Å². The van der Waals surface area contributed by atoms with Crippen LogP contribution in [0.3, 0.4) is 0 Å². The zero-order valence-corrected chi connectivity index (χ0v) is 16.9. The predicted octanol–water partition coefficient (Wildman–Crippen LogP) is 2.27. The Morgan fingerprint density at radius 1 is 1.03 bits per heavy atom. The molecule has 2 aromatic carbocycles. The molecular formula is C20H20F2N4O3S. The third kappa shape index (κ3) is 4.89. The summed E-state index contributed by atoms with van der Waals surface area (Å²) < 4.78 is 50.9. The molecule has 0 aliphatic rings. The van der Waals surface area contributed by atoms with Crippen molar-refractivity contribution < 1.29 is 17.2 Å². The highest BCUT2D eigenvalue weighted by molar-refractivity contribution is 7.90. The summed E-state index contributed by atoms with van der Waals surface area (Å²) >= 11 is 0. The average Bonchev–Trinajstić information content (AvgIpc) is 3.05. The Hall–Kier alpha value is -3.11. The zero-order valence-electron chi connectivity index (χ0n) is 16.1. The van der Waals surface area contributed by atoms with Gasteiger partial charge in [0.1, 0.15) is 6.33 Å². The fraction of sp³-hybridized carbons (Fsp3) is 0.200. The molecular weight excluding hydrogens is 414 g/mol. The molecule has 3 aromatic rings. The van der Waals surface area contributed by atoms with Crippen molar-refractivity contribution in [3.05, 3.63) is 82.6 Å². The Morgan fingerprint density at radius 2 is 1.60 bits per heavy atom. The molecule has 3 rings (SSSR count). The molecule has 0 saturated heterocycles. The van der Waals surface area contributed by atoms with Gasteiger partial charge in [-0.05, 0) is 28.8 Å². The Balaban J connectivity index is 1.75. The number of rotatable bonds is 7. The van der Waals surface area contributed by atoms with Crippen LogP contribution in [0, 0.1) is 0 Å². The van der Waals surface area contributed by atoms with E-state index in [1.807, 2.05) is 24.3 Å². The van der Waals surface area contributed by atoms with Gasteiger partial charge in [-0.1, -0.05) is 36.4 Å². The fourth-order valence-corrected chi connectivity index (χ4v) is 3.50. The molecule has 10 heteroatoms. The number of benzene rings is 2. The largest absolute Gasteiger partial charge is 0.346 e. The van der Waals surface area contributed by atoms with Crippen LogP contribution in [0.5, 0.6) is 0 Å². The van der Waals surface area contributed by atoms with Crippen LogP contribution < -0.4 is 11.4 Å². The van der Waals surface area contributed by atoms with E-state index >= 15 is 0 Å². The summed E-state index contributed by atoms with van der Waals surface area (Å²) in [5.41, 5.74) is 6.99. The first-order valence-electron chi connectivity index (χ1n) is 8.94. The summed E-state index contributed by atoms with van der Waals surface area (Å²) in [5.74, 6) is 0. The first kappa shape index (κ1) is 21.6. The summed E-state index contributed by atoms with van der Waals surface area (Å²) in [4.78, 5) is 12.6. The minimum absolute atomic E-state index is 0.228. The van der Waals surface area contributed by atoms with Gasteiger partial charge < -0.3 is 5.73 Å².